The molecule has 0 unspecified atom stereocenters. The summed E-state index contributed by atoms with van der Waals surface area (Å²) in [7, 11) is 0. The Bertz CT molecular complexity index is 453. The normalized spacial score (nSPS) is 10.5. The molecule has 1 aromatic heterocycles. The van der Waals surface area contributed by atoms with Crippen LogP contribution < -0.4 is 5.73 Å². The Morgan fingerprint density at radius 3 is 3.00 bits per heavy atom. The smallest absolute Gasteiger partial charge is 0.0943 e. The lowest BCUT2D eigenvalue weighted by Gasteiger charge is -1.96. The van der Waals surface area contributed by atoms with Crippen LogP contribution in [0.1, 0.15) is 5.01 Å². The van der Waals surface area contributed by atoms with Crippen LogP contribution in [0.25, 0.3) is 10.4 Å². The summed E-state index contributed by atoms with van der Waals surface area (Å²) in [6.45, 7) is 0.658. The molecule has 0 amide bonds. The van der Waals surface area contributed by atoms with Gasteiger partial charge in [0.1, 0.15) is 0 Å². The van der Waals surface area contributed by atoms with E-state index in [0.29, 0.717) is 6.54 Å². The molecule has 0 aliphatic heterocycles. The van der Waals surface area contributed by atoms with Gasteiger partial charge < -0.3 is 5.73 Å². The topological polar surface area (TPSA) is 38.9 Å². The zero-order valence-corrected chi connectivity index (χ0v) is 10.5. The molecule has 0 saturated carbocycles. The predicted molar refractivity (Wildman–Crippen MR) is 68.0 cm³/mol. The number of nitrogens with zero attached hydrogens (tertiary/aromatic N) is 1. The highest BCUT2D eigenvalue weighted by molar-refractivity contribution is 9.10. The van der Waals surface area contributed by atoms with Gasteiger partial charge in [-0.2, -0.15) is 0 Å². The van der Waals surface area contributed by atoms with Gasteiger partial charge in [-0.3, -0.25) is 0 Å². The van der Waals surface area contributed by atoms with Crippen molar-refractivity contribution in [2.24, 2.45) is 5.73 Å². The van der Waals surface area contributed by atoms with Crippen LogP contribution in [0.2, 0.25) is 0 Å². The first kappa shape index (κ1) is 10.8. The molecule has 0 saturated heterocycles. The molecule has 0 aliphatic rings. The minimum Gasteiger partial charge on any atom is -0.330 e. The Labute approximate surface area is 101 Å². The molecule has 2 N–H and O–H groups in total. The Hall–Kier alpha value is -0.710. The lowest BCUT2D eigenvalue weighted by molar-refractivity contribution is 0.953. The van der Waals surface area contributed by atoms with Crippen molar-refractivity contribution in [1.82, 2.24) is 4.98 Å². The van der Waals surface area contributed by atoms with E-state index in [1.807, 2.05) is 18.3 Å². The van der Waals surface area contributed by atoms with Gasteiger partial charge in [-0.15, -0.1) is 11.3 Å². The summed E-state index contributed by atoms with van der Waals surface area (Å²) in [5.41, 5.74) is 6.69. The predicted octanol–water partition coefficient (Wildman–Crippen LogP) is 3.07. The summed E-state index contributed by atoms with van der Waals surface area (Å²) in [6.07, 6.45) is 2.77. The van der Waals surface area contributed by atoms with E-state index in [2.05, 4.69) is 33.0 Å². The third kappa shape index (κ3) is 2.65. The zero-order valence-electron chi connectivity index (χ0n) is 8.11. The van der Waals surface area contributed by atoms with E-state index in [4.69, 9.17) is 5.73 Å². The van der Waals surface area contributed by atoms with Crippen molar-refractivity contribution in [3.63, 3.8) is 0 Å². The summed E-state index contributed by atoms with van der Waals surface area (Å²) in [6, 6.07) is 8.23. The van der Waals surface area contributed by atoms with Crippen molar-refractivity contribution < 1.29 is 0 Å². The molecule has 78 valence electrons. The highest BCUT2D eigenvalue weighted by atomic mass is 79.9. The average Bonchev–Trinajstić information content (AvgIpc) is 2.67. The fourth-order valence-electron chi connectivity index (χ4n) is 1.32. The number of aromatic nitrogens is 1. The van der Waals surface area contributed by atoms with Gasteiger partial charge in [-0.05, 0) is 24.2 Å². The number of benzene rings is 1. The number of rotatable bonds is 3. The molecule has 0 spiro atoms. The maximum absolute atomic E-state index is 5.49. The third-order valence-corrected chi connectivity index (χ3v) is 3.62. The molecule has 15 heavy (non-hydrogen) atoms. The fraction of sp³-hybridized carbons (Fsp3) is 0.182. The van der Waals surface area contributed by atoms with Crippen molar-refractivity contribution in [3.05, 3.63) is 39.9 Å². The number of halogens is 1. The van der Waals surface area contributed by atoms with Crippen LogP contribution in [-0.4, -0.2) is 11.5 Å². The molecular formula is C11H11BrN2S. The molecule has 4 heteroatoms. The molecule has 0 bridgehead atoms. The van der Waals surface area contributed by atoms with E-state index in [0.717, 1.165) is 15.9 Å². The lowest BCUT2D eigenvalue weighted by Crippen LogP contribution is -2.01. The van der Waals surface area contributed by atoms with Crippen molar-refractivity contribution in [2.75, 3.05) is 6.54 Å². The maximum atomic E-state index is 5.49. The van der Waals surface area contributed by atoms with E-state index in [9.17, 15) is 0 Å². The van der Waals surface area contributed by atoms with Crippen molar-refractivity contribution in [3.8, 4) is 10.4 Å². The van der Waals surface area contributed by atoms with Gasteiger partial charge in [0.15, 0.2) is 0 Å². The average molecular weight is 283 g/mol. The van der Waals surface area contributed by atoms with E-state index in [1.165, 1.54) is 10.4 Å². The van der Waals surface area contributed by atoms with Crippen LogP contribution in [-0.2, 0) is 6.42 Å². The Morgan fingerprint density at radius 2 is 2.27 bits per heavy atom. The Kier molecular flexibility index (Phi) is 3.51. The molecule has 1 heterocycles. The van der Waals surface area contributed by atoms with Crippen LogP contribution in [0.5, 0.6) is 0 Å². The molecule has 2 nitrogen and oxygen atoms in total. The summed E-state index contributed by atoms with van der Waals surface area (Å²) in [5, 5.41) is 1.10. The van der Waals surface area contributed by atoms with Crippen molar-refractivity contribution in [1.29, 1.82) is 0 Å². The van der Waals surface area contributed by atoms with Gasteiger partial charge >= 0.3 is 0 Å². The van der Waals surface area contributed by atoms with Crippen LogP contribution in [0, 0.1) is 0 Å². The van der Waals surface area contributed by atoms with Gasteiger partial charge in [-0.1, -0.05) is 28.1 Å². The van der Waals surface area contributed by atoms with Crippen LogP contribution in [0.4, 0.5) is 0 Å². The molecule has 0 radical (unpaired) electrons. The highest BCUT2D eigenvalue weighted by Gasteiger charge is 2.03. The van der Waals surface area contributed by atoms with Gasteiger partial charge in [0.05, 0.1) is 9.88 Å². The fourth-order valence-corrected chi connectivity index (χ4v) is 2.65. The molecule has 2 aromatic rings. The first-order valence-electron chi connectivity index (χ1n) is 4.70. The van der Waals surface area contributed by atoms with Gasteiger partial charge in [0.2, 0.25) is 0 Å². The van der Waals surface area contributed by atoms with E-state index in [-0.39, 0.29) is 0 Å². The molecule has 0 atom stereocenters. The number of thiazole rings is 1. The van der Waals surface area contributed by atoms with E-state index >= 15 is 0 Å². The monoisotopic (exact) mass is 282 g/mol. The van der Waals surface area contributed by atoms with Crippen LogP contribution in [0.15, 0.2) is 34.9 Å². The highest BCUT2D eigenvalue weighted by Crippen LogP contribution is 2.28. The maximum Gasteiger partial charge on any atom is 0.0943 e. The second kappa shape index (κ2) is 4.88. The molecule has 0 fully saturated rings. The zero-order chi connectivity index (χ0) is 10.7. The second-order valence-corrected chi connectivity index (χ2v) is 5.20. The van der Waals surface area contributed by atoms with E-state index in [1.54, 1.807) is 11.3 Å². The van der Waals surface area contributed by atoms with Gasteiger partial charge in [0.25, 0.3) is 0 Å². The lowest BCUT2D eigenvalue weighted by atomic mass is 10.2. The number of hydrogen-bond acceptors (Lipinski definition) is 3. The van der Waals surface area contributed by atoms with Gasteiger partial charge in [0, 0.05) is 17.1 Å². The standard InChI is InChI=1S/C11H11BrN2S/c12-9-3-1-2-8(6-9)10-7-14-11(15-10)4-5-13/h1-3,6-7H,4-5,13H2. The first-order valence-corrected chi connectivity index (χ1v) is 6.31. The summed E-state index contributed by atoms with van der Waals surface area (Å²) >= 11 is 5.17. The number of nitrogens with two attached hydrogens (primary N) is 1. The summed E-state index contributed by atoms with van der Waals surface area (Å²) in [4.78, 5) is 5.53. The summed E-state index contributed by atoms with van der Waals surface area (Å²) in [5.74, 6) is 0. The minimum absolute atomic E-state index is 0.658. The molecule has 0 aliphatic carbocycles. The van der Waals surface area contributed by atoms with Crippen molar-refractivity contribution in [2.45, 2.75) is 6.42 Å². The quantitative estimate of drug-likeness (QED) is 0.940. The minimum atomic E-state index is 0.658. The molecular weight excluding hydrogens is 272 g/mol. The molecule has 2 rings (SSSR count). The Balaban J connectivity index is 2.29. The van der Waals surface area contributed by atoms with E-state index < -0.39 is 0 Å². The molecule has 1 aromatic carbocycles. The summed E-state index contributed by atoms with van der Waals surface area (Å²) < 4.78 is 1.09. The largest absolute Gasteiger partial charge is 0.330 e. The van der Waals surface area contributed by atoms with Crippen molar-refractivity contribution >= 4 is 27.3 Å². The Morgan fingerprint density at radius 1 is 1.40 bits per heavy atom. The van der Waals surface area contributed by atoms with Crippen LogP contribution in [0.3, 0.4) is 0 Å². The SMILES string of the molecule is NCCc1ncc(-c2cccc(Br)c2)s1. The third-order valence-electron chi connectivity index (χ3n) is 2.02. The van der Waals surface area contributed by atoms with Gasteiger partial charge in [-0.25, -0.2) is 4.98 Å². The second-order valence-electron chi connectivity index (χ2n) is 3.17. The van der Waals surface area contributed by atoms with Crippen LogP contribution >= 0.6 is 27.3 Å². The first-order chi connectivity index (χ1) is 7.29. The number of hydrogen-bond donors (Lipinski definition) is 1.